The predicted molar refractivity (Wildman–Crippen MR) is 99.3 cm³/mol. The van der Waals surface area contributed by atoms with E-state index < -0.39 is 24.0 Å². The standard InChI is InChI=1S/C20H18N2O4S/c1-20(11-21,13-6-7-13)22-17(23)10-26-19(24)16-8-12-9-25-15-5-3-2-4-14(15)18(12)27-16/h2-5,8,13H,6-7,9-10H2,1H3,(H,22,23)/t20-/m0/s1. The fourth-order valence-electron chi connectivity index (χ4n) is 3.21. The number of ether oxygens (including phenoxy) is 2. The van der Waals surface area contributed by atoms with Crippen molar-refractivity contribution in [2.24, 2.45) is 5.92 Å². The summed E-state index contributed by atoms with van der Waals surface area (Å²) in [7, 11) is 0. The molecule has 1 amide bonds. The van der Waals surface area contributed by atoms with E-state index in [0.29, 0.717) is 11.5 Å². The van der Waals surface area contributed by atoms with E-state index in [0.717, 1.165) is 34.6 Å². The zero-order chi connectivity index (χ0) is 19.0. The summed E-state index contributed by atoms with van der Waals surface area (Å²) in [4.78, 5) is 25.9. The Labute approximate surface area is 160 Å². The van der Waals surface area contributed by atoms with Crippen LogP contribution in [0.1, 0.15) is 35.0 Å². The summed E-state index contributed by atoms with van der Waals surface area (Å²) in [5.74, 6) is -0.0466. The smallest absolute Gasteiger partial charge is 0.348 e. The van der Waals surface area contributed by atoms with E-state index in [1.807, 2.05) is 24.3 Å². The minimum absolute atomic E-state index is 0.172. The lowest BCUT2D eigenvalue weighted by Gasteiger charge is -2.22. The van der Waals surface area contributed by atoms with E-state index in [1.54, 1.807) is 13.0 Å². The van der Waals surface area contributed by atoms with Crippen molar-refractivity contribution in [3.05, 3.63) is 40.8 Å². The number of fused-ring (bicyclic) bond motifs is 3. The maximum atomic E-state index is 12.4. The fraction of sp³-hybridized carbons (Fsp3) is 0.350. The first-order chi connectivity index (χ1) is 13.0. The van der Waals surface area contributed by atoms with Crippen LogP contribution >= 0.6 is 11.3 Å². The Bertz CT molecular complexity index is 957. The summed E-state index contributed by atoms with van der Waals surface area (Å²) in [5, 5.41) is 12.0. The van der Waals surface area contributed by atoms with Crippen molar-refractivity contribution in [1.82, 2.24) is 5.32 Å². The third-order valence-corrected chi connectivity index (χ3v) is 6.08. The highest BCUT2D eigenvalue weighted by atomic mass is 32.1. The largest absolute Gasteiger partial charge is 0.488 e. The monoisotopic (exact) mass is 382 g/mol. The van der Waals surface area contributed by atoms with E-state index in [4.69, 9.17) is 9.47 Å². The Morgan fingerprint density at radius 1 is 1.41 bits per heavy atom. The number of hydrogen-bond acceptors (Lipinski definition) is 6. The lowest BCUT2D eigenvalue weighted by atomic mass is 9.98. The summed E-state index contributed by atoms with van der Waals surface area (Å²) in [6.07, 6.45) is 1.85. The highest BCUT2D eigenvalue weighted by Crippen LogP contribution is 2.42. The van der Waals surface area contributed by atoms with Crippen LogP contribution in [0.5, 0.6) is 5.75 Å². The zero-order valence-corrected chi connectivity index (χ0v) is 15.6. The highest BCUT2D eigenvalue weighted by Gasteiger charge is 2.43. The van der Waals surface area contributed by atoms with Crippen LogP contribution < -0.4 is 10.1 Å². The second kappa shape index (κ2) is 6.71. The predicted octanol–water partition coefficient (Wildman–Crippen LogP) is 3.27. The van der Waals surface area contributed by atoms with Gasteiger partial charge in [0.2, 0.25) is 0 Å². The normalized spacial score (nSPS) is 16.7. The molecule has 0 radical (unpaired) electrons. The van der Waals surface area contributed by atoms with Crippen LogP contribution in [-0.4, -0.2) is 24.0 Å². The molecule has 1 aromatic carbocycles. The number of nitriles is 1. The molecule has 1 saturated carbocycles. The van der Waals surface area contributed by atoms with Crippen molar-refractivity contribution in [3.63, 3.8) is 0 Å². The molecule has 6 nitrogen and oxygen atoms in total. The van der Waals surface area contributed by atoms with Crippen molar-refractivity contribution >= 4 is 23.2 Å². The van der Waals surface area contributed by atoms with E-state index >= 15 is 0 Å². The number of esters is 1. The van der Waals surface area contributed by atoms with Crippen molar-refractivity contribution in [3.8, 4) is 22.3 Å². The Hall–Kier alpha value is -2.85. The van der Waals surface area contributed by atoms with Crippen molar-refractivity contribution in [2.45, 2.75) is 31.9 Å². The summed E-state index contributed by atoms with van der Waals surface area (Å²) in [5.41, 5.74) is 0.989. The van der Waals surface area contributed by atoms with E-state index in [2.05, 4.69) is 11.4 Å². The summed E-state index contributed by atoms with van der Waals surface area (Å²) < 4.78 is 10.9. The van der Waals surface area contributed by atoms with Gasteiger partial charge in [-0.25, -0.2) is 4.79 Å². The number of thiophene rings is 1. The quantitative estimate of drug-likeness (QED) is 0.802. The Morgan fingerprint density at radius 3 is 2.93 bits per heavy atom. The number of benzene rings is 1. The third kappa shape index (κ3) is 3.40. The van der Waals surface area contributed by atoms with Gasteiger partial charge in [-0.05, 0) is 43.9 Å². The Balaban J connectivity index is 1.41. The molecule has 1 fully saturated rings. The third-order valence-electron chi connectivity index (χ3n) is 4.88. The Morgan fingerprint density at radius 2 is 2.19 bits per heavy atom. The molecule has 2 aromatic rings. The molecule has 1 atom stereocenters. The van der Waals surface area contributed by atoms with Gasteiger partial charge in [-0.3, -0.25) is 4.79 Å². The number of amides is 1. The molecule has 1 aliphatic carbocycles. The van der Waals surface area contributed by atoms with Crippen molar-refractivity contribution in [2.75, 3.05) is 6.61 Å². The number of carbonyl (C=O) groups is 2. The molecule has 1 aliphatic heterocycles. The topological polar surface area (TPSA) is 88.4 Å². The highest BCUT2D eigenvalue weighted by molar-refractivity contribution is 7.17. The maximum absolute atomic E-state index is 12.4. The summed E-state index contributed by atoms with van der Waals surface area (Å²) in [6, 6.07) is 11.6. The summed E-state index contributed by atoms with van der Waals surface area (Å²) >= 11 is 1.33. The molecule has 7 heteroatoms. The molecule has 27 heavy (non-hydrogen) atoms. The number of hydrogen-bond donors (Lipinski definition) is 1. The molecular formula is C20H18N2O4S. The van der Waals surface area contributed by atoms with Crippen LogP contribution in [0.3, 0.4) is 0 Å². The van der Waals surface area contributed by atoms with Crippen LogP contribution in [0.2, 0.25) is 0 Å². The van der Waals surface area contributed by atoms with Crippen molar-refractivity contribution in [1.29, 1.82) is 5.26 Å². The van der Waals surface area contributed by atoms with Gasteiger partial charge in [0.25, 0.3) is 5.91 Å². The average Bonchev–Trinajstić information content (AvgIpc) is 3.45. The van der Waals surface area contributed by atoms with Crippen LogP contribution in [0, 0.1) is 17.2 Å². The SMILES string of the molecule is C[C@@](C#N)(NC(=O)COC(=O)c1cc2c(s1)-c1ccccc1OC2)C1CC1. The molecule has 2 aliphatic rings. The molecule has 0 bridgehead atoms. The molecular weight excluding hydrogens is 364 g/mol. The van der Waals surface area contributed by atoms with E-state index in [9.17, 15) is 14.9 Å². The minimum atomic E-state index is -0.896. The fourth-order valence-corrected chi connectivity index (χ4v) is 4.30. The molecule has 0 spiro atoms. The molecule has 1 aromatic heterocycles. The second-order valence-corrected chi connectivity index (χ2v) is 8.01. The van der Waals surface area contributed by atoms with Gasteiger partial charge in [0.1, 0.15) is 22.8 Å². The van der Waals surface area contributed by atoms with Crippen molar-refractivity contribution < 1.29 is 19.1 Å². The number of nitrogens with zero attached hydrogens (tertiary/aromatic N) is 1. The van der Waals surface area contributed by atoms with Gasteiger partial charge in [-0.2, -0.15) is 5.26 Å². The number of para-hydroxylation sites is 1. The molecule has 138 valence electrons. The van der Waals surface area contributed by atoms with Gasteiger partial charge in [0.15, 0.2) is 6.61 Å². The van der Waals surface area contributed by atoms with Crippen LogP contribution in [0.15, 0.2) is 30.3 Å². The molecule has 0 unspecified atom stereocenters. The summed E-state index contributed by atoms with van der Waals surface area (Å²) in [6.45, 7) is 1.70. The van der Waals surface area contributed by atoms with Gasteiger partial charge in [0.05, 0.1) is 6.07 Å². The van der Waals surface area contributed by atoms with E-state index in [1.165, 1.54) is 11.3 Å². The molecule has 4 rings (SSSR count). The van der Waals surface area contributed by atoms with Gasteiger partial charge in [-0.15, -0.1) is 11.3 Å². The van der Waals surface area contributed by atoms with E-state index in [-0.39, 0.29) is 5.92 Å². The second-order valence-electron chi connectivity index (χ2n) is 6.96. The molecule has 1 N–H and O–H groups in total. The van der Waals surface area contributed by atoms with Gasteiger partial charge in [0, 0.05) is 16.0 Å². The number of rotatable bonds is 5. The lowest BCUT2D eigenvalue weighted by molar-refractivity contribution is -0.125. The van der Waals surface area contributed by atoms with Crippen LogP contribution in [0.4, 0.5) is 0 Å². The van der Waals surface area contributed by atoms with Crippen LogP contribution in [0.25, 0.3) is 10.4 Å². The number of carbonyl (C=O) groups excluding carboxylic acids is 2. The first-order valence-corrected chi connectivity index (χ1v) is 9.56. The van der Waals surface area contributed by atoms with Crippen LogP contribution in [-0.2, 0) is 16.1 Å². The maximum Gasteiger partial charge on any atom is 0.348 e. The molecule has 0 saturated heterocycles. The van der Waals surface area contributed by atoms with Gasteiger partial charge in [-0.1, -0.05) is 12.1 Å². The number of nitrogens with one attached hydrogen (secondary N) is 1. The first-order valence-electron chi connectivity index (χ1n) is 8.74. The van der Waals surface area contributed by atoms with Gasteiger partial charge >= 0.3 is 5.97 Å². The van der Waals surface area contributed by atoms with Gasteiger partial charge < -0.3 is 14.8 Å². The first kappa shape index (κ1) is 17.6. The average molecular weight is 382 g/mol. The zero-order valence-electron chi connectivity index (χ0n) is 14.8. The molecule has 2 heterocycles. The lowest BCUT2D eigenvalue weighted by Crippen LogP contribution is -2.48. The Kier molecular flexibility index (Phi) is 4.36. The minimum Gasteiger partial charge on any atom is -0.488 e.